The lowest BCUT2D eigenvalue weighted by molar-refractivity contribution is 0.136. The highest BCUT2D eigenvalue weighted by Crippen LogP contribution is 2.14. The van der Waals surface area contributed by atoms with E-state index in [2.05, 4.69) is 5.32 Å². The molecule has 1 atom stereocenters. The predicted molar refractivity (Wildman–Crippen MR) is 64.7 cm³/mol. The van der Waals surface area contributed by atoms with Gasteiger partial charge in [0, 0.05) is 38.8 Å². The zero-order valence-corrected chi connectivity index (χ0v) is 10.9. The molecule has 0 radical (unpaired) electrons. The van der Waals surface area contributed by atoms with Gasteiger partial charge in [-0.3, -0.25) is 0 Å². The zero-order valence-electron chi connectivity index (χ0n) is 10.1. The summed E-state index contributed by atoms with van der Waals surface area (Å²) in [7, 11) is -2.95. The summed E-state index contributed by atoms with van der Waals surface area (Å²) in [6, 6.07) is -0.231. The zero-order chi connectivity index (χ0) is 12.5. The molecule has 0 aromatic rings. The van der Waals surface area contributed by atoms with Gasteiger partial charge in [0.25, 0.3) is 0 Å². The molecule has 0 aromatic carbocycles. The molecule has 6 nitrogen and oxygen atoms in total. The molecule has 2 rings (SSSR count). The Balaban J connectivity index is 2.00. The van der Waals surface area contributed by atoms with Gasteiger partial charge < -0.3 is 15.1 Å². The van der Waals surface area contributed by atoms with Crippen LogP contribution in [0.2, 0.25) is 0 Å². The Kier molecular flexibility index (Phi) is 3.58. The number of hydrogen-bond acceptors (Lipinski definition) is 4. The standard InChI is InChI=1S/C10H19N3O3S/c1-9-8-17(15,16)7-6-13(9)10(14)12-4-2-11-3-5-12/h9,11H,2-8H2,1H3. The Morgan fingerprint density at radius 3 is 2.47 bits per heavy atom. The average molecular weight is 261 g/mol. The number of rotatable bonds is 0. The van der Waals surface area contributed by atoms with Crippen molar-refractivity contribution in [2.45, 2.75) is 13.0 Å². The highest BCUT2D eigenvalue weighted by atomic mass is 32.2. The van der Waals surface area contributed by atoms with Crippen molar-refractivity contribution in [3.05, 3.63) is 0 Å². The van der Waals surface area contributed by atoms with E-state index in [9.17, 15) is 13.2 Å². The van der Waals surface area contributed by atoms with Crippen molar-refractivity contribution < 1.29 is 13.2 Å². The minimum Gasteiger partial charge on any atom is -0.322 e. The summed E-state index contributed by atoms with van der Waals surface area (Å²) >= 11 is 0. The molecule has 0 aliphatic carbocycles. The first-order valence-corrected chi connectivity index (χ1v) is 7.78. The van der Waals surface area contributed by atoms with E-state index in [-0.39, 0.29) is 23.6 Å². The average Bonchev–Trinajstić information content (AvgIpc) is 2.28. The maximum atomic E-state index is 12.2. The molecule has 7 heteroatoms. The third-order valence-electron chi connectivity index (χ3n) is 3.30. The quantitative estimate of drug-likeness (QED) is 0.615. The Morgan fingerprint density at radius 2 is 1.88 bits per heavy atom. The van der Waals surface area contributed by atoms with Crippen LogP contribution in [0, 0.1) is 0 Å². The van der Waals surface area contributed by atoms with Gasteiger partial charge in [0.15, 0.2) is 9.84 Å². The number of nitrogens with one attached hydrogen (secondary N) is 1. The Morgan fingerprint density at radius 1 is 1.24 bits per heavy atom. The second-order valence-electron chi connectivity index (χ2n) is 4.68. The number of nitrogens with zero attached hydrogens (tertiary/aromatic N) is 2. The molecule has 1 N–H and O–H groups in total. The second kappa shape index (κ2) is 4.81. The SMILES string of the molecule is CC1CS(=O)(=O)CCN1C(=O)N1CCNCC1. The summed E-state index contributed by atoms with van der Waals surface area (Å²) < 4.78 is 22.9. The molecule has 2 aliphatic heterocycles. The Bertz CT molecular complexity index is 390. The summed E-state index contributed by atoms with van der Waals surface area (Å²) in [5, 5.41) is 3.19. The van der Waals surface area contributed by atoms with E-state index in [1.807, 2.05) is 0 Å². The molecule has 0 saturated carbocycles. The minimum atomic E-state index is -2.95. The van der Waals surface area contributed by atoms with Crippen molar-refractivity contribution in [2.75, 3.05) is 44.2 Å². The van der Waals surface area contributed by atoms with Crippen LogP contribution in [0.15, 0.2) is 0 Å². The minimum absolute atomic E-state index is 0.0195. The number of hydrogen-bond donors (Lipinski definition) is 1. The molecule has 1 unspecified atom stereocenters. The maximum Gasteiger partial charge on any atom is 0.320 e. The lowest BCUT2D eigenvalue weighted by Crippen LogP contribution is -2.57. The van der Waals surface area contributed by atoms with Crippen LogP contribution in [0.3, 0.4) is 0 Å². The van der Waals surface area contributed by atoms with Crippen LogP contribution in [0.1, 0.15) is 6.92 Å². The van der Waals surface area contributed by atoms with Gasteiger partial charge >= 0.3 is 6.03 Å². The van der Waals surface area contributed by atoms with Crippen molar-refractivity contribution in [3.63, 3.8) is 0 Å². The second-order valence-corrected chi connectivity index (χ2v) is 6.91. The van der Waals surface area contributed by atoms with Crippen LogP contribution < -0.4 is 5.32 Å². The van der Waals surface area contributed by atoms with Crippen molar-refractivity contribution in [1.82, 2.24) is 15.1 Å². The lowest BCUT2D eigenvalue weighted by Gasteiger charge is -2.38. The van der Waals surface area contributed by atoms with E-state index in [0.29, 0.717) is 19.6 Å². The molecule has 2 aliphatic rings. The highest BCUT2D eigenvalue weighted by molar-refractivity contribution is 7.91. The van der Waals surface area contributed by atoms with E-state index < -0.39 is 9.84 Å². The summed E-state index contributed by atoms with van der Waals surface area (Å²) in [6.07, 6.45) is 0. The van der Waals surface area contributed by atoms with E-state index in [1.54, 1.807) is 16.7 Å². The number of piperazine rings is 1. The van der Waals surface area contributed by atoms with E-state index in [0.717, 1.165) is 13.1 Å². The fourth-order valence-corrected chi connectivity index (χ4v) is 3.88. The number of sulfone groups is 1. The lowest BCUT2D eigenvalue weighted by atomic mass is 10.3. The first kappa shape index (κ1) is 12.6. The topological polar surface area (TPSA) is 69.7 Å². The van der Waals surface area contributed by atoms with Crippen LogP contribution in [-0.2, 0) is 9.84 Å². The van der Waals surface area contributed by atoms with Gasteiger partial charge in [0.2, 0.25) is 0 Å². The number of carbonyl (C=O) groups is 1. The molecule has 0 aromatic heterocycles. The normalized spacial score (nSPS) is 29.1. The molecule has 2 fully saturated rings. The third-order valence-corrected chi connectivity index (χ3v) is 5.10. The number of carbonyl (C=O) groups excluding carboxylic acids is 1. The first-order valence-electron chi connectivity index (χ1n) is 5.96. The van der Waals surface area contributed by atoms with Crippen molar-refractivity contribution in [3.8, 4) is 0 Å². The fourth-order valence-electron chi connectivity index (χ4n) is 2.32. The Hall–Kier alpha value is -0.820. The van der Waals surface area contributed by atoms with Crippen molar-refractivity contribution in [1.29, 1.82) is 0 Å². The number of amides is 2. The van der Waals surface area contributed by atoms with Crippen LogP contribution >= 0.6 is 0 Å². The third kappa shape index (κ3) is 2.90. The first-order chi connectivity index (χ1) is 7.99. The van der Waals surface area contributed by atoms with Gasteiger partial charge in [0.05, 0.1) is 11.5 Å². The largest absolute Gasteiger partial charge is 0.322 e. The molecule has 17 heavy (non-hydrogen) atoms. The van der Waals surface area contributed by atoms with Gasteiger partial charge in [0.1, 0.15) is 0 Å². The smallest absolute Gasteiger partial charge is 0.320 e. The van der Waals surface area contributed by atoms with E-state index >= 15 is 0 Å². The summed E-state index contributed by atoms with van der Waals surface area (Å²) in [5.41, 5.74) is 0. The summed E-state index contributed by atoms with van der Waals surface area (Å²) in [5.74, 6) is 0.181. The van der Waals surface area contributed by atoms with Crippen LogP contribution in [0.4, 0.5) is 4.79 Å². The van der Waals surface area contributed by atoms with Crippen LogP contribution in [0.5, 0.6) is 0 Å². The molecule has 2 heterocycles. The van der Waals surface area contributed by atoms with Gasteiger partial charge in [-0.25, -0.2) is 13.2 Å². The van der Waals surface area contributed by atoms with Crippen LogP contribution in [0.25, 0.3) is 0 Å². The summed E-state index contributed by atoms with van der Waals surface area (Å²) in [6.45, 7) is 5.16. The van der Waals surface area contributed by atoms with Crippen molar-refractivity contribution in [2.24, 2.45) is 0 Å². The van der Waals surface area contributed by atoms with Crippen molar-refractivity contribution >= 4 is 15.9 Å². The molecule has 0 bridgehead atoms. The van der Waals surface area contributed by atoms with Gasteiger partial charge in [-0.1, -0.05) is 0 Å². The molecule has 98 valence electrons. The van der Waals surface area contributed by atoms with E-state index in [4.69, 9.17) is 0 Å². The highest BCUT2D eigenvalue weighted by Gasteiger charge is 2.33. The maximum absolute atomic E-state index is 12.2. The van der Waals surface area contributed by atoms with Gasteiger partial charge in [-0.15, -0.1) is 0 Å². The predicted octanol–water partition coefficient (Wildman–Crippen LogP) is -0.869. The van der Waals surface area contributed by atoms with Gasteiger partial charge in [-0.2, -0.15) is 0 Å². The fraction of sp³-hybridized carbons (Fsp3) is 0.900. The molecule has 0 spiro atoms. The summed E-state index contributed by atoms with van der Waals surface area (Å²) in [4.78, 5) is 15.7. The van der Waals surface area contributed by atoms with E-state index in [1.165, 1.54) is 0 Å². The van der Waals surface area contributed by atoms with Crippen LogP contribution in [-0.4, -0.2) is 74.5 Å². The molecule has 2 amide bonds. The molecule has 2 saturated heterocycles. The monoisotopic (exact) mass is 261 g/mol. The molecular weight excluding hydrogens is 242 g/mol. The Labute approximate surface area is 102 Å². The number of urea groups is 1. The molecular formula is C10H19N3O3S. The van der Waals surface area contributed by atoms with Gasteiger partial charge in [-0.05, 0) is 6.92 Å².